The summed E-state index contributed by atoms with van der Waals surface area (Å²) in [6.07, 6.45) is 11.3. The van der Waals surface area contributed by atoms with Gasteiger partial charge in [-0.1, -0.05) is 54.9 Å². The molecule has 0 amide bonds. The van der Waals surface area contributed by atoms with Gasteiger partial charge < -0.3 is 9.80 Å². The van der Waals surface area contributed by atoms with E-state index in [1.807, 2.05) is 0 Å². The van der Waals surface area contributed by atoms with Gasteiger partial charge >= 0.3 is 0 Å². The average Bonchev–Trinajstić information content (AvgIpc) is 3.20. The number of rotatable bonds is 10. The highest BCUT2D eigenvalue weighted by Crippen LogP contribution is 2.24. The Hall–Kier alpha value is -0.0800. The number of nitrogens with zero attached hydrogens (tertiary/aromatic N) is 2. The Labute approximate surface area is 172 Å². The van der Waals surface area contributed by atoms with E-state index in [1.165, 1.54) is 84.1 Å². The third-order valence-electron chi connectivity index (χ3n) is 6.26. The van der Waals surface area contributed by atoms with Crippen LogP contribution in [0.2, 0.25) is 0 Å². The molecule has 2 heteroatoms. The Kier molecular flexibility index (Phi) is 12.9. The van der Waals surface area contributed by atoms with Gasteiger partial charge in [0.15, 0.2) is 0 Å². The van der Waals surface area contributed by atoms with Crippen molar-refractivity contribution in [3.63, 3.8) is 0 Å². The quantitative estimate of drug-likeness (QED) is 0.416. The van der Waals surface area contributed by atoms with Crippen molar-refractivity contribution in [2.75, 3.05) is 32.7 Å². The second-order valence-corrected chi connectivity index (χ2v) is 10.6. The van der Waals surface area contributed by atoms with Crippen molar-refractivity contribution in [1.82, 2.24) is 9.80 Å². The fraction of sp³-hybridized carbons (Fsp3) is 1.00. The number of likely N-dealkylation sites (tertiary alicyclic amines) is 2. The van der Waals surface area contributed by atoms with E-state index in [2.05, 4.69) is 58.3 Å². The third kappa shape index (κ3) is 11.5. The Balaban J connectivity index is 0.000000277. The lowest BCUT2D eigenvalue weighted by Crippen LogP contribution is -2.31. The molecule has 2 saturated heterocycles. The topological polar surface area (TPSA) is 6.48 Å². The molecule has 0 aliphatic carbocycles. The maximum Gasteiger partial charge on any atom is 0.00958 e. The van der Waals surface area contributed by atoms with E-state index >= 15 is 0 Å². The molecule has 2 aliphatic rings. The smallest absolute Gasteiger partial charge is 0.00958 e. The predicted octanol–water partition coefficient (Wildman–Crippen LogP) is 6.70. The van der Waals surface area contributed by atoms with Crippen molar-refractivity contribution in [1.29, 1.82) is 0 Å². The molecule has 27 heavy (non-hydrogen) atoms. The minimum Gasteiger partial charge on any atom is -0.303 e. The molecule has 0 aromatic heterocycles. The second kappa shape index (κ2) is 14.0. The first-order valence-electron chi connectivity index (χ1n) is 12.3. The lowest BCUT2D eigenvalue weighted by molar-refractivity contribution is 0.222. The summed E-state index contributed by atoms with van der Waals surface area (Å²) in [5.41, 5.74) is 0. The van der Waals surface area contributed by atoms with Crippen LogP contribution in [-0.4, -0.2) is 48.6 Å². The van der Waals surface area contributed by atoms with Gasteiger partial charge in [0, 0.05) is 19.1 Å². The molecule has 2 rings (SSSR count). The molecule has 0 radical (unpaired) electrons. The van der Waals surface area contributed by atoms with Gasteiger partial charge in [0.1, 0.15) is 0 Å². The highest BCUT2D eigenvalue weighted by Gasteiger charge is 2.24. The molecule has 2 nitrogen and oxygen atoms in total. The van der Waals surface area contributed by atoms with Crippen LogP contribution in [0.15, 0.2) is 0 Å². The highest BCUT2D eigenvalue weighted by molar-refractivity contribution is 4.79. The molecular formula is C25H52N2. The van der Waals surface area contributed by atoms with E-state index in [0.717, 1.165) is 29.7 Å². The van der Waals surface area contributed by atoms with Gasteiger partial charge in [-0.2, -0.15) is 0 Å². The standard InChI is InChI=1S/C14H29N.C11H23N/c1-12(2)7-8-14-6-5-10-15(14)11-9-13(3)4;1-4-5-11-6-7-12(9-11)8-10(2)3/h12-14H,5-11H2,1-4H3;10-11H,4-9H2,1-3H3. The summed E-state index contributed by atoms with van der Waals surface area (Å²) in [6, 6.07) is 0.908. The van der Waals surface area contributed by atoms with E-state index in [1.54, 1.807) is 0 Å². The predicted molar refractivity (Wildman–Crippen MR) is 122 cm³/mol. The molecule has 0 aromatic carbocycles. The molecule has 0 spiro atoms. The van der Waals surface area contributed by atoms with Crippen LogP contribution in [0.1, 0.15) is 99.8 Å². The maximum atomic E-state index is 2.74. The van der Waals surface area contributed by atoms with Gasteiger partial charge in [0.25, 0.3) is 0 Å². The van der Waals surface area contributed by atoms with Crippen LogP contribution in [0.3, 0.4) is 0 Å². The van der Waals surface area contributed by atoms with Crippen molar-refractivity contribution in [3.05, 3.63) is 0 Å². The van der Waals surface area contributed by atoms with Crippen LogP contribution in [0.4, 0.5) is 0 Å². The maximum absolute atomic E-state index is 2.74. The van der Waals surface area contributed by atoms with E-state index < -0.39 is 0 Å². The second-order valence-electron chi connectivity index (χ2n) is 10.6. The Morgan fingerprint density at radius 3 is 2.11 bits per heavy atom. The zero-order valence-corrected chi connectivity index (χ0v) is 20.0. The van der Waals surface area contributed by atoms with Gasteiger partial charge in [-0.05, 0) is 88.3 Å². The lowest BCUT2D eigenvalue weighted by atomic mass is 10.0. The van der Waals surface area contributed by atoms with Crippen molar-refractivity contribution < 1.29 is 0 Å². The molecule has 2 atom stereocenters. The lowest BCUT2D eigenvalue weighted by Gasteiger charge is -2.25. The molecule has 2 heterocycles. The van der Waals surface area contributed by atoms with Crippen molar-refractivity contribution in [2.45, 2.75) is 106 Å². The Bertz CT molecular complexity index is 332. The number of hydrogen-bond donors (Lipinski definition) is 0. The molecule has 2 aliphatic heterocycles. The summed E-state index contributed by atoms with van der Waals surface area (Å²) in [4.78, 5) is 5.37. The van der Waals surface area contributed by atoms with Crippen LogP contribution in [-0.2, 0) is 0 Å². The molecule has 2 unspecified atom stereocenters. The highest BCUT2D eigenvalue weighted by atomic mass is 15.2. The third-order valence-corrected chi connectivity index (χ3v) is 6.26. The SMILES string of the molecule is CC(C)CCC1CCCN1CCC(C)C.CCCC1CCN(CC(C)C)C1. The largest absolute Gasteiger partial charge is 0.303 e. The molecule has 2 fully saturated rings. The van der Waals surface area contributed by atoms with E-state index in [4.69, 9.17) is 0 Å². The fourth-order valence-electron chi connectivity index (χ4n) is 4.71. The van der Waals surface area contributed by atoms with Crippen molar-refractivity contribution >= 4 is 0 Å². The summed E-state index contributed by atoms with van der Waals surface area (Å²) >= 11 is 0. The fourth-order valence-corrected chi connectivity index (χ4v) is 4.71. The normalized spacial score (nSPS) is 24.2. The monoisotopic (exact) mass is 380 g/mol. The summed E-state index contributed by atoms with van der Waals surface area (Å²) in [5.74, 6) is 3.58. The minimum atomic E-state index is 0.838. The first-order valence-corrected chi connectivity index (χ1v) is 12.3. The first-order chi connectivity index (χ1) is 12.8. The molecular weight excluding hydrogens is 328 g/mol. The minimum absolute atomic E-state index is 0.838. The summed E-state index contributed by atoms with van der Waals surface area (Å²) in [6.45, 7) is 23.0. The number of hydrogen-bond acceptors (Lipinski definition) is 2. The van der Waals surface area contributed by atoms with Crippen LogP contribution in [0, 0.1) is 23.7 Å². The summed E-state index contributed by atoms with van der Waals surface area (Å²) in [5, 5.41) is 0. The van der Waals surface area contributed by atoms with Crippen molar-refractivity contribution in [3.8, 4) is 0 Å². The van der Waals surface area contributed by atoms with Gasteiger partial charge in [0.2, 0.25) is 0 Å². The van der Waals surface area contributed by atoms with Gasteiger partial charge in [-0.15, -0.1) is 0 Å². The van der Waals surface area contributed by atoms with Crippen LogP contribution < -0.4 is 0 Å². The summed E-state index contributed by atoms with van der Waals surface area (Å²) < 4.78 is 0. The first kappa shape index (κ1) is 25.0. The molecule has 0 N–H and O–H groups in total. The molecule has 0 bridgehead atoms. The van der Waals surface area contributed by atoms with Crippen molar-refractivity contribution in [2.24, 2.45) is 23.7 Å². The van der Waals surface area contributed by atoms with E-state index in [0.29, 0.717) is 0 Å². The molecule has 0 saturated carbocycles. The Morgan fingerprint density at radius 2 is 1.52 bits per heavy atom. The average molecular weight is 381 g/mol. The zero-order valence-electron chi connectivity index (χ0n) is 20.0. The van der Waals surface area contributed by atoms with Gasteiger partial charge in [0.05, 0.1) is 0 Å². The van der Waals surface area contributed by atoms with E-state index in [9.17, 15) is 0 Å². The summed E-state index contributed by atoms with van der Waals surface area (Å²) in [7, 11) is 0. The van der Waals surface area contributed by atoms with Crippen LogP contribution in [0.25, 0.3) is 0 Å². The zero-order chi connectivity index (χ0) is 20.2. The van der Waals surface area contributed by atoms with Gasteiger partial charge in [-0.25, -0.2) is 0 Å². The van der Waals surface area contributed by atoms with Crippen LogP contribution in [0.5, 0.6) is 0 Å². The molecule has 162 valence electrons. The Morgan fingerprint density at radius 1 is 0.815 bits per heavy atom. The molecule has 0 aromatic rings. The van der Waals surface area contributed by atoms with E-state index in [-0.39, 0.29) is 0 Å². The van der Waals surface area contributed by atoms with Crippen LogP contribution >= 0.6 is 0 Å². The van der Waals surface area contributed by atoms with Gasteiger partial charge in [-0.3, -0.25) is 0 Å².